The summed E-state index contributed by atoms with van der Waals surface area (Å²) < 4.78 is 71.6. The van der Waals surface area contributed by atoms with Crippen molar-refractivity contribution < 1.29 is 55.7 Å². The monoisotopic (exact) mass is 697 g/mol. The zero-order valence-electron chi connectivity index (χ0n) is 26.6. The number of alkyl halides is 6. The van der Waals surface area contributed by atoms with E-state index in [2.05, 4.69) is 38.6 Å². The molecular weight excluding hydrogens is 664 g/mol. The zero-order chi connectivity index (χ0) is 37.3. The van der Waals surface area contributed by atoms with Crippen molar-refractivity contribution in [2.75, 3.05) is 28.3 Å². The summed E-state index contributed by atoms with van der Waals surface area (Å²) in [5.74, 6) is -5.20. The van der Waals surface area contributed by atoms with Gasteiger partial charge in [0.15, 0.2) is 0 Å². The van der Waals surface area contributed by atoms with Gasteiger partial charge in [-0.25, -0.2) is 4.79 Å². The van der Waals surface area contributed by atoms with Crippen LogP contribution in [0.1, 0.15) is 27.2 Å². The van der Waals surface area contributed by atoms with Gasteiger partial charge in [-0.3, -0.25) is 14.7 Å². The Morgan fingerprint density at radius 2 is 1.47 bits per heavy atom. The maximum absolute atomic E-state index is 13.4. The average Bonchev–Trinajstić information content (AvgIpc) is 3.38. The summed E-state index contributed by atoms with van der Waals surface area (Å²) in [5, 5.41) is 27.6. The molecule has 4 rings (SSSR count). The number of nitrogens with two attached hydrogens (primary N) is 1. The Hall–Kier alpha value is -5.58. The van der Waals surface area contributed by atoms with Crippen LogP contribution < -0.4 is 25.4 Å². The molecule has 1 amide bonds. The number of rotatable bonds is 8. The van der Waals surface area contributed by atoms with Crippen molar-refractivity contribution >= 4 is 40.3 Å². The van der Waals surface area contributed by atoms with Gasteiger partial charge in [0.1, 0.15) is 28.9 Å². The number of fused-ring (bicyclic) bond motifs is 1. The van der Waals surface area contributed by atoms with Gasteiger partial charge < -0.3 is 35.4 Å². The van der Waals surface area contributed by atoms with Crippen LogP contribution in [0.15, 0.2) is 72.8 Å². The number of methoxy groups -OCH3 is 1. The van der Waals surface area contributed by atoms with Crippen molar-refractivity contribution in [2.24, 2.45) is 5.73 Å². The molecule has 17 heteroatoms. The number of nitrogens with zero attached hydrogens (tertiary/aromatic N) is 2. The summed E-state index contributed by atoms with van der Waals surface area (Å²) in [6, 6.07) is 23.5. The molecule has 49 heavy (non-hydrogen) atoms. The number of hydrogen-bond donors (Lipinski definition) is 4. The minimum absolute atomic E-state index is 0.0140. The third-order valence-corrected chi connectivity index (χ3v) is 6.57. The molecule has 0 saturated heterocycles. The van der Waals surface area contributed by atoms with Crippen LogP contribution in [0.5, 0.6) is 5.75 Å². The minimum atomic E-state index is -5.19. The molecule has 5 N–H and O–H groups in total. The highest BCUT2D eigenvalue weighted by Gasteiger charge is 2.38. The largest absolute Gasteiger partial charge is 0.542 e. The number of aromatic nitrogens is 1. The van der Waals surface area contributed by atoms with E-state index in [0.717, 1.165) is 26.5 Å². The van der Waals surface area contributed by atoms with Crippen LogP contribution in [-0.4, -0.2) is 74.0 Å². The SMILES string of the molecule is COc1cccc2c1cc(C(=O)NCc1ccc([N+](C)(C)C)cc1)n2Cc1cccc(C(=N)N)c1.O=C(O)C(F)(F)F.O=C([O-])C(F)(F)F. The van der Waals surface area contributed by atoms with Gasteiger partial charge in [0.2, 0.25) is 0 Å². The predicted octanol–water partition coefficient (Wildman–Crippen LogP) is 4.04. The Morgan fingerprint density at radius 1 is 0.918 bits per heavy atom. The molecule has 0 spiro atoms. The van der Waals surface area contributed by atoms with Gasteiger partial charge in [-0.1, -0.05) is 36.4 Å². The number of nitrogens with one attached hydrogen (secondary N) is 2. The number of aliphatic carboxylic acids is 2. The average molecular weight is 698 g/mol. The molecule has 0 bridgehead atoms. The number of amides is 1. The third-order valence-electron chi connectivity index (χ3n) is 6.57. The molecular formula is C32H33F6N5O6. The molecule has 0 fully saturated rings. The van der Waals surface area contributed by atoms with E-state index in [1.165, 1.54) is 5.69 Å². The minimum Gasteiger partial charge on any atom is -0.542 e. The number of amidine groups is 1. The molecule has 264 valence electrons. The smallest absolute Gasteiger partial charge is 0.490 e. The van der Waals surface area contributed by atoms with Crippen molar-refractivity contribution in [3.8, 4) is 5.75 Å². The van der Waals surface area contributed by atoms with E-state index in [4.69, 9.17) is 35.7 Å². The van der Waals surface area contributed by atoms with Crippen LogP contribution in [0.25, 0.3) is 10.9 Å². The maximum Gasteiger partial charge on any atom is 0.490 e. The van der Waals surface area contributed by atoms with Gasteiger partial charge in [-0.2, -0.15) is 26.3 Å². The summed E-state index contributed by atoms with van der Waals surface area (Å²) in [5.41, 5.74) is 11.0. The van der Waals surface area contributed by atoms with Crippen molar-refractivity contribution in [1.82, 2.24) is 14.4 Å². The Bertz CT molecular complexity index is 1770. The summed E-state index contributed by atoms with van der Waals surface area (Å²) in [4.78, 5) is 31.1. The standard InChI is InChI=1S/C28H31N5O2.2C2HF3O2/c1-33(2,3)22-13-11-19(12-14-22)17-31-28(34)25-16-23-24(9-6-10-26(23)35-4)32(25)18-20-7-5-8-21(15-20)27(29)30;2*3-2(4,5)1(6)7/h5-16H,17-18H2,1-4H3,(H3-,29,30,31,34);2*(H,6,7). The number of carboxylic acids is 2. The first-order valence-electron chi connectivity index (χ1n) is 13.9. The number of carbonyl (C=O) groups is 3. The highest BCUT2D eigenvalue weighted by atomic mass is 19.4. The zero-order valence-corrected chi connectivity index (χ0v) is 26.6. The summed E-state index contributed by atoms with van der Waals surface area (Å²) in [7, 11) is 7.99. The molecule has 3 aromatic carbocycles. The molecule has 1 heterocycles. The number of nitrogen functional groups attached to an aromatic ring is 1. The Balaban J connectivity index is 0.000000500. The number of halogens is 6. The lowest BCUT2D eigenvalue weighted by Crippen LogP contribution is -2.37. The molecule has 0 atom stereocenters. The van der Waals surface area contributed by atoms with Gasteiger partial charge in [-0.15, -0.1) is 0 Å². The Morgan fingerprint density at radius 3 is 1.94 bits per heavy atom. The Labute approximate surface area is 276 Å². The number of quaternary nitrogens is 1. The molecule has 0 unspecified atom stereocenters. The second-order valence-corrected chi connectivity index (χ2v) is 11.1. The summed E-state index contributed by atoms with van der Waals surface area (Å²) in [6.45, 7) is 0.882. The molecule has 0 aliphatic carbocycles. The molecule has 0 aliphatic rings. The molecule has 11 nitrogen and oxygen atoms in total. The van der Waals surface area contributed by atoms with Crippen LogP contribution in [0.3, 0.4) is 0 Å². The second-order valence-electron chi connectivity index (χ2n) is 11.1. The maximum atomic E-state index is 13.4. The molecule has 4 aromatic rings. The van der Waals surface area contributed by atoms with Gasteiger partial charge in [0.25, 0.3) is 5.91 Å². The number of carboxylic acid groups (broad SMARTS) is 2. The lowest BCUT2D eigenvalue weighted by atomic mass is 10.1. The second kappa shape index (κ2) is 16.0. The molecule has 0 radical (unpaired) electrons. The van der Waals surface area contributed by atoms with Crippen LogP contribution in [0.4, 0.5) is 32.0 Å². The highest BCUT2D eigenvalue weighted by Crippen LogP contribution is 2.30. The first kappa shape index (κ1) is 39.6. The quantitative estimate of drug-likeness (QED) is 0.0932. The van der Waals surface area contributed by atoms with Gasteiger partial charge in [0, 0.05) is 24.0 Å². The first-order valence-corrected chi connectivity index (χ1v) is 13.9. The summed E-state index contributed by atoms with van der Waals surface area (Å²) >= 11 is 0. The van der Waals surface area contributed by atoms with E-state index in [-0.39, 0.29) is 11.7 Å². The fraction of sp³-hybridized carbons (Fsp3) is 0.250. The van der Waals surface area contributed by atoms with Crippen molar-refractivity contribution in [3.63, 3.8) is 0 Å². The normalized spacial score (nSPS) is 11.4. The summed E-state index contributed by atoms with van der Waals surface area (Å²) in [6.07, 6.45) is -10.3. The topological polar surface area (TPSA) is 171 Å². The van der Waals surface area contributed by atoms with Crippen LogP contribution >= 0.6 is 0 Å². The highest BCUT2D eigenvalue weighted by molar-refractivity contribution is 6.00. The number of hydrogen-bond acceptors (Lipinski definition) is 6. The van der Waals surface area contributed by atoms with Crippen LogP contribution in [0, 0.1) is 5.41 Å². The van der Waals surface area contributed by atoms with Gasteiger partial charge >= 0.3 is 18.3 Å². The number of ether oxygens (including phenoxy) is 1. The lowest BCUT2D eigenvalue weighted by Gasteiger charge is -2.23. The third kappa shape index (κ3) is 11.6. The van der Waals surface area contributed by atoms with Crippen LogP contribution in [-0.2, 0) is 22.7 Å². The predicted molar refractivity (Wildman–Crippen MR) is 167 cm³/mol. The number of benzene rings is 3. The number of carbonyl (C=O) groups excluding carboxylic acids is 2. The van der Waals surface area contributed by atoms with Gasteiger partial charge in [0.05, 0.1) is 33.8 Å². The fourth-order valence-corrected chi connectivity index (χ4v) is 4.15. The molecule has 1 aromatic heterocycles. The van der Waals surface area contributed by atoms with E-state index < -0.39 is 24.3 Å². The first-order chi connectivity index (χ1) is 22.6. The van der Waals surface area contributed by atoms with E-state index >= 15 is 0 Å². The molecule has 0 aliphatic heterocycles. The van der Waals surface area contributed by atoms with E-state index in [1.54, 1.807) is 13.2 Å². The van der Waals surface area contributed by atoms with Crippen molar-refractivity contribution in [1.29, 1.82) is 5.41 Å². The van der Waals surface area contributed by atoms with E-state index in [0.29, 0.717) is 30.1 Å². The fourth-order valence-electron chi connectivity index (χ4n) is 4.15. The van der Waals surface area contributed by atoms with Crippen LogP contribution in [0.2, 0.25) is 0 Å². The Kier molecular flexibility index (Phi) is 12.9. The lowest BCUT2D eigenvalue weighted by molar-refractivity contribution is -0.344. The van der Waals surface area contributed by atoms with Crippen molar-refractivity contribution in [2.45, 2.75) is 25.4 Å². The molecule has 0 saturated carbocycles. The van der Waals surface area contributed by atoms with E-state index in [9.17, 15) is 31.1 Å². The van der Waals surface area contributed by atoms with E-state index in [1.807, 2.05) is 59.2 Å². The van der Waals surface area contributed by atoms with Crippen molar-refractivity contribution in [3.05, 3.63) is 95.2 Å². The van der Waals surface area contributed by atoms with Gasteiger partial charge in [-0.05, 0) is 47.5 Å².